The van der Waals surface area contributed by atoms with E-state index in [0.717, 1.165) is 72.5 Å². The summed E-state index contributed by atoms with van der Waals surface area (Å²) in [7, 11) is 0. The Balaban J connectivity index is 1.32. The number of benzene rings is 3. The zero-order valence-corrected chi connectivity index (χ0v) is 21.9. The summed E-state index contributed by atoms with van der Waals surface area (Å²) in [4.78, 5) is 25.6. The number of fused-ring (bicyclic) bond motifs is 1. The van der Waals surface area contributed by atoms with E-state index in [0.29, 0.717) is 5.95 Å². The van der Waals surface area contributed by atoms with Gasteiger partial charge in [-0.1, -0.05) is 30.3 Å². The van der Waals surface area contributed by atoms with E-state index in [1.54, 1.807) is 0 Å². The van der Waals surface area contributed by atoms with Crippen molar-refractivity contribution in [3.05, 3.63) is 72.4 Å². The van der Waals surface area contributed by atoms with Crippen LogP contribution in [0.3, 0.4) is 0 Å². The first-order valence-electron chi connectivity index (χ1n) is 13.1. The van der Waals surface area contributed by atoms with Crippen LogP contribution in [-0.2, 0) is 4.79 Å². The number of anilines is 4. The van der Waals surface area contributed by atoms with E-state index >= 15 is 0 Å². The summed E-state index contributed by atoms with van der Waals surface area (Å²) in [5.74, 6) is 0.455. The maximum atomic E-state index is 11.3. The normalized spacial score (nSPS) is 14.0. The largest absolute Gasteiger partial charge is 0.396 e. The van der Waals surface area contributed by atoms with E-state index in [4.69, 9.17) is 10.1 Å². The summed E-state index contributed by atoms with van der Waals surface area (Å²) in [6, 6.07) is 20.2. The number of carbonyl (C=O) groups is 1. The van der Waals surface area contributed by atoms with Crippen molar-refractivity contribution in [2.24, 2.45) is 0 Å². The number of nitrogens with zero attached hydrogens (tertiary/aromatic N) is 4. The molecule has 0 spiro atoms. The Morgan fingerprint density at radius 3 is 2.47 bits per heavy atom. The summed E-state index contributed by atoms with van der Waals surface area (Å²) in [6.07, 6.45) is 2.68. The van der Waals surface area contributed by atoms with Gasteiger partial charge in [-0.2, -0.15) is 0 Å². The van der Waals surface area contributed by atoms with Crippen LogP contribution in [0.25, 0.3) is 22.0 Å². The smallest absolute Gasteiger partial charge is 0.227 e. The number of piperazine rings is 1. The predicted molar refractivity (Wildman–Crippen MR) is 154 cm³/mol. The van der Waals surface area contributed by atoms with Gasteiger partial charge in [0.05, 0.1) is 5.52 Å². The van der Waals surface area contributed by atoms with Gasteiger partial charge in [-0.3, -0.25) is 9.69 Å². The van der Waals surface area contributed by atoms with Gasteiger partial charge in [-0.05, 0) is 54.8 Å². The molecule has 4 aromatic rings. The van der Waals surface area contributed by atoms with Crippen LogP contribution < -0.4 is 15.5 Å². The molecule has 0 bridgehead atoms. The molecule has 0 radical (unpaired) electrons. The van der Waals surface area contributed by atoms with Crippen molar-refractivity contribution >= 4 is 39.8 Å². The average Bonchev–Trinajstić information content (AvgIpc) is 2.92. The Kier molecular flexibility index (Phi) is 7.81. The lowest BCUT2D eigenvalue weighted by Crippen LogP contribution is -2.47. The number of carbonyl (C=O) groups excluding carboxylic acids is 1. The topological polar surface area (TPSA) is 93.6 Å². The number of aromatic nitrogens is 2. The minimum absolute atomic E-state index is 0.0912. The monoisotopic (exact) mass is 510 g/mol. The lowest BCUT2D eigenvalue weighted by Gasteiger charge is -2.36. The molecule has 0 unspecified atom stereocenters. The van der Waals surface area contributed by atoms with Gasteiger partial charge in [0, 0.05) is 80.5 Å². The van der Waals surface area contributed by atoms with E-state index in [2.05, 4.69) is 56.6 Å². The maximum Gasteiger partial charge on any atom is 0.227 e. The van der Waals surface area contributed by atoms with Crippen LogP contribution in [0.15, 0.2) is 66.9 Å². The fraction of sp³-hybridized carbons (Fsp3) is 0.300. The van der Waals surface area contributed by atoms with Crippen molar-refractivity contribution in [2.45, 2.75) is 20.3 Å². The molecule has 0 saturated carbocycles. The average molecular weight is 511 g/mol. The fourth-order valence-electron chi connectivity index (χ4n) is 5.01. The van der Waals surface area contributed by atoms with Gasteiger partial charge < -0.3 is 20.6 Å². The van der Waals surface area contributed by atoms with E-state index in [1.807, 2.05) is 42.6 Å². The molecule has 1 aliphatic heterocycles. The van der Waals surface area contributed by atoms with Crippen molar-refractivity contribution in [1.82, 2.24) is 14.9 Å². The Labute approximate surface area is 223 Å². The SMILES string of the molecule is CC(=O)Nc1ccc(-c2cccc3cnc(Nc4ccc(N5CCN(CCCO)CC5)c(C)c4)nc23)cc1. The zero-order chi connectivity index (χ0) is 26.5. The molecule has 5 rings (SSSR count). The van der Waals surface area contributed by atoms with Crippen LogP contribution in [0.2, 0.25) is 0 Å². The van der Waals surface area contributed by atoms with Gasteiger partial charge in [-0.15, -0.1) is 0 Å². The van der Waals surface area contributed by atoms with Crippen LogP contribution in [-0.4, -0.2) is 65.2 Å². The number of aliphatic hydroxyl groups is 1. The first kappa shape index (κ1) is 25.6. The molecule has 1 amide bonds. The summed E-state index contributed by atoms with van der Waals surface area (Å²) in [6.45, 7) is 8.86. The van der Waals surface area contributed by atoms with Crippen LogP contribution in [0.4, 0.5) is 23.0 Å². The lowest BCUT2D eigenvalue weighted by atomic mass is 10.0. The van der Waals surface area contributed by atoms with Crippen molar-refractivity contribution in [3.63, 3.8) is 0 Å². The standard InChI is InChI=1S/C30H34N6O2/c1-21-19-26(11-12-28(21)36-16-14-35(15-17-36)13-4-18-37)33-30-31-20-24-5-3-6-27(29(24)34-30)23-7-9-25(10-8-23)32-22(2)38/h3,5-12,19-20,37H,4,13-18H2,1-2H3,(H,32,38)(H,31,33,34). The number of hydrogen-bond acceptors (Lipinski definition) is 7. The molecule has 38 heavy (non-hydrogen) atoms. The van der Waals surface area contributed by atoms with Crippen molar-refractivity contribution in [2.75, 3.05) is 54.9 Å². The molecule has 2 heterocycles. The molecule has 8 nitrogen and oxygen atoms in total. The molecule has 8 heteroatoms. The van der Waals surface area contributed by atoms with E-state index in [1.165, 1.54) is 18.2 Å². The first-order valence-corrected chi connectivity index (χ1v) is 13.1. The second-order valence-electron chi connectivity index (χ2n) is 9.73. The third-order valence-electron chi connectivity index (χ3n) is 6.93. The van der Waals surface area contributed by atoms with Crippen LogP contribution >= 0.6 is 0 Å². The van der Waals surface area contributed by atoms with E-state index < -0.39 is 0 Å². The third kappa shape index (κ3) is 5.93. The molecule has 1 aromatic heterocycles. The van der Waals surface area contributed by atoms with Crippen molar-refractivity contribution in [3.8, 4) is 11.1 Å². The molecule has 1 saturated heterocycles. The third-order valence-corrected chi connectivity index (χ3v) is 6.93. The highest BCUT2D eigenvalue weighted by Crippen LogP contribution is 2.30. The highest BCUT2D eigenvalue weighted by atomic mass is 16.3. The number of nitrogens with one attached hydrogen (secondary N) is 2. The quantitative estimate of drug-likeness (QED) is 0.313. The predicted octanol–water partition coefficient (Wildman–Crippen LogP) is 4.81. The maximum absolute atomic E-state index is 11.3. The molecule has 3 N–H and O–H groups in total. The Morgan fingerprint density at radius 1 is 1.00 bits per heavy atom. The van der Waals surface area contributed by atoms with Crippen LogP contribution in [0, 0.1) is 6.92 Å². The molecule has 196 valence electrons. The molecule has 1 fully saturated rings. The minimum Gasteiger partial charge on any atom is -0.396 e. The number of rotatable bonds is 8. The highest BCUT2D eigenvalue weighted by molar-refractivity contribution is 5.94. The molecule has 0 atom stereocenters. The van der Waals surface area contributed by atoms with Crippen molar-refractivity contribution < 1.29 is 9.90 Å². The van der Waals surface area contributed by atoms with Gasteiger partial charge in [0.15, 0.2) is 0 Å². The summed E-state index contributed by atoms with van der Waals surface area (Å²) < 4.78 is 0. The molecule has 1 aliphatic rings. The number of aliphatic hydroxyl groups excluding tert-OH is 1. The first-order chi connectivity index (χ1) is 18.5. The van der Waals surface area contributed by atoms with Gasteiger partial charge in [0.1, 0.15) is 0 Å². The molecular weight excluding hydrogens is 476 g/mol. The number of amides is 1. The number of aryl methyl sites for hydroxylation is 1. The lowest BCUT2D eigenvalue weighted by molar-refractivity contribution is -0.114. The number of hydrogen-bond donors (Lipinski definition) is 3. The van der Waals surface area contributed by atoms with Crippen molar-refractivity contribution in [1.29, 1.82) is 0 Å². The summed E-state index contributed by atoms with van der Waals surface area (Å²) >= 11 is 0. The summed E-state index contributed by atoms with van der Waals surface area (Å²) in [5.41, 5.74) is 7.06. The molecule has 3 aromatic carbocycles. The Morgan fingerprint density at radius 2 is 1.76 bits per heavy atom. The molecular formula is C30H34N6O2. The van der Waals surface area contributed by atoms with Crippen LogP contribution in [0.5, 0.6) is 0 Å². The van der Waals surface area contributed by atoms with Crippen LogP contribution in [0.1, 0.15) is 18.9 Å². The molecule has 0 aliphatic carbocycles. The van der Waals surface area contributed by atoms with E-state index in [-0.39, 0.29) is 12.5 Å². The zero-order valence-electron chi connectivity index (χ0n) is 21.9. The van der Waals surface area contributed by atoms with Gasteiger partial charge >= 0.3 is 0 Å². The second kappa shape index (κ2) is 11.6. The van der Waals surface area contributed by atoms with Gasteiger partial charge in [0.2, 0.25) is 11.9 Å². The summed E-state index contributed by atoms with van der Waals surface area (Å²) in [5, 5.41) is 16.2. The second-order valence-corrected chi connectivity index (χ2v) is 9.73. The van der Waals surface area contributed by atoms with E-state index in [9.17, 15) is 4.79 Å². The Bertz CT molecular complexity index is 1410. The van der Waals surface area contributed by atoms with Gasteiger partial charge in [-0.25, -0.2) is 9.97 Å². The highest BCUT2D eigenvalue weighted by Gasteiger charge is 2.18. The Hall–Kier alpha value is -4.01. The minimum atomic E-state index is -0.0912. The number of para-hydroxylation sites is 1. The van der Waals surface area contributed by atoms with Gasteiger partial charge in [0.25, 0.3) is 0 Å². The fourth-order valence-corrected chi connectivity index (χ4v) is 5.01.